The third-order valence-corrected chi connectivity index (χ3v) is 3.72. The van der Waals surface area contributed by atoms with Gasteiger partial charge in [0.15, 0.2) is 0 Å². The fourth-order valence-corrected chi connectivity index (χ4v) is 2.11. The van der Waals surface area contributed by atoms with Gasteiger partial charge in [-0.3, -0.25) is 9.59 Å². The molecule has 0 radical (unpaired) electrons. The average Bonchev–Trinajstić information content (AvgIpc) is 2.58. The molecule has 0 aliphatic heterocycles. The number of methoxy groups -OCH3 is 1. The van der Waals surface area contributed by atoms with Gasteiger partial charge in [-0.05, 0) is 30.3 Å². The van der Waals surface area contributed by atoms with Gasteiger partial charge in [0.05, 0.1) is 16.7 Å². The number of nitrogens with one attached hydrogen (secondary N) is 2. The molecular formula is C16H15Cl2N3O3. The molecule has 8 heteroatoms. The number of amides is 2. The maximum absolute atomic E-state index is 12.2. The third-order valence-electron chi connectivity index (χ3n) is 2.98. The Morgan fingerprint density at radius 2 is 1.79 bits per heavy atom. The summed E-state index contributed by atoms with van der Waals surface area (Å²) >= 11 is 11.7. The quantitative estimate of drug-likeness (QED) is 0.769. The van der Waals surface area contributed by atoms with Gasteiger partial charge in [0.1, 0.15) is 11.4 Å². The molecule has 0 fully saturated rings. The van der Waals surface area contributed by atoms with Crippen LogP contribution in [0.3, 0.4) is 0 Å². The van der Waals surface area contributed by atoms with Gasteiger partial charge in [-0.1, -0.05) is 29.3 Å². The van der Waals surface area contributed by atoms with Crippen molar-refractivity contribution in [3.8, 4) is 0 Å². The average molecular weight is 368 g/mol. The van der Waals surface area contributed by atoms with Gasteiger partial charge >= 0.3 is 0 Å². The molecule has 2 amide bonds. The van der Waals surface area contributed by atoms with Crippen molar-refractivity contribution in [3.05, 3.63) is 57.8 Å². The van der Waals surface area contributed by atoms with E-state index in [-0.39, 0.29) is 17.3 Å². The predicted molar refractivity (Wildman–Crippen MR) is 92.9 cm³/mol. The summed E-state index contributed by atoms with van der Waals surface area (Å²) in [5.74, 6) is -0.837. The molecule has 1 heterocycles. The number of carbonyl (C=O) groups is 2. The van der Waals surface area contributed by atoms with E-state index in [2.05, 4.69) is 15.6 Å². The first-order valence-corrected chi connectivity index (χ1v) is 7.77. The molecule has 0 unspecified atom stereocenters. The van der Waals surface area contributed by atoms with Crippen LogP contribution in [0.25, 0.3) is 0 Å². The van der Waals surface area contributed by atoms with Crippen LogP contribution >= 0.6 is 23.2 Å². The Hall–Kier alpha value is -2.15. The van der Waals surface area contributed by atoms with Crippen molar-refractivity contribution in [1.29, 1.82) is 0 Å². The highest BCUT2D eigenvalue weighted by atomic mass is 35.5. The van der Waals surface area contributed by atoms with Crippen molar-refractivity contribution < 1.29 is 14.3 Å². The SMILES string of the molecule is COCCNC(=O)c1cccc(C(=O)Nc2ccc(Cl)c(Cl)c2)n1. The van der Waals surface area contributed by atoms with E-state index in [4.69, 9.17) is 27.9 Å². The number of halogens is 2. The molecule has 2 aromatic rings. The highest BCUT2D eigenvalue weighted by Gasteiger charge is 2.13. The number of benzene rings is 1. The van der Waals surface area contributed by atoms with Crippen LogP contribution in [0, 0.1) is 0 Å². The molecule has 1 aromatic heterocycles. The Kier molecular flexibility index (Phi) is 6.54. The van der Waals surface area contributed by atoms with Gasteiger partial charge in [-0.15, -0.1) is 0 Å². The minimum absolute atomic E-state index is 0.112. The smallest absolute Gasteiger partial charge is 0.274 e. The van der Waals surface area contributed by atoms with Gasteiger partial charge in [-0.25, -0.2) is 4.98 Å². The Bertz CT molecular complexity index is 753. The Morgan fingerprint density at radius 1 is 1.08 bits per heavy atom. The molecule has 1 aromatic carbocycles. The molecule has 0 bridgehead atoms. The number of aromatic nitrogens is 1. The lowest BCUT2D eigenvalue weighted by atomic mass is 10.2. The summed E-state index contributed by atoms with van der Waals surface area (Å²) in [5.41, 5.74) is 0.736. The highest BCUT2D eigenvalue weighted by molar-refractivity contribution is 6.42. The molecule has 2 N–H and O–H groups in total. The summed E-state index contributed by atoms with van der Waals surface area (Å²) in [4.78, 5) is 28.2. The fraction of sp³-hybridized carbons (Fsp3) is 0.188. The molecule has 0 atom stereocenters. The summed E-state index contributed by atoms with van der Waals surface area (Å²) in [6, 6.07) is 9.35. The standard InChI is InChI=1S/C16H15Cl2N3O3/c1-24-8-7-19-15(22)13-3-2-4-14(21-13)16(23)20-10-5-6-11(17)12(18)9-10/h2-6,9H,7-8H2,1H3,(H,19,22)(H,20,23). The van der Waals surface area contributed by atoms with E-state index in [1.165, 1.54) is 18.2 Å². The predicted octanol–water partition coefficient (Wildman–Crippen LogP) is 3.02. The van der Waals surface area contributed by atoms with E-state index < -0.39 is 5.91 Å². The van der Waals surface area contributed by atoms with Crippen LogP contribution in [-0.4, -0.2) is 37.1 Å². The molecule has 0 aliphatic carbocycles. The van der Waals surface area contributed by atoms with Crippen LogP contribution in [0.5, 0.6) is 0 Å². The number of anilines is 1. The van der Waals surface area contributed by atoms with Gasteiger partial charge in [0.25, 0.3) is 11.8 Å². The first-order valence-electron chi connectivity index (χ1n) is 7.02. The van der Waals surface area contributed by atoms with E-state index in [1.54, 1.807) is 25.3 Å². The monoisotopic (exact) mass is 367 g/mol. The van der Waals surface area contributed by atoms with Crippen molar-refractivity contribution >= 4 is 40.7 Å². The lowest BCUT2D eigenvalue weighted by molar-refractivity contribution is 0.0932. The van der Waals surface area contributed by atoms with Crippen molar-refractivity contribution in [2.24, 2.45) is 0 Å². The first-order chi connectivity index (χ1) is 11.5. The van der Waals surface area contributed by atoms with E-state index in [9.17, 15) is 9.59 Å². The maximum atomic E-state index is 12.2. The normalized spacial score (nSPS) is 10.3. The summed E-state index contributed by atoms with van der Waals surface area (Å²) in [7, 11) is 1.54. The number of hydrogen-bond acceptors (Lipinski definition) is 4. The van der Waals surface area contributed by atoms with Crippen molar-refractivity contribution in [3.63, 3.8) is 0 Å². The Morgan fingerprint density at radius 3 is 2.46 bits per heavy atom. The molecule has 0 spiro atoms. The number of pyridine rings is 1. The van der Waals surface area contributed by atoms with Gasteiger partial charge in [0.2, 0.25) is 0 Å². The van der Waals surface area contributed by atoms with E-state index in [0.717, 1.165) is 0 Å². The fourth-order valence-electron chi connectivity index (χ4n) is 1.81. The molecule has 0 saturated heterocycles. The number of nitrogens with zero attached hydrogens (tertiary/aromatic N) is 1. The van der Waals surface area contributed by atoms with Crippen molar-refractivity contribution in [2.75, 3.05) is 25.6 Å². The second kappa shape index (κ2) is 8.63. The van der Waals surface area contributed by atoms with Gasteiger partial charge in [-0.2, -0.15) is 0 Å². The minimum Gasteiger partial charge on any atom is -0.383 e. The van der Waals surface area contributed by atoms with Gasteiger partial charge < -0.3 is 15.4 Å². The summed E-state index contributed by atoms with van der Waals surface area (Å²) in [6.07, 6.45) is 0. The van der Waals surface area contributed by atoms with E-state index in [1.807, 2.05) is 0 Å². The minimum atomic E-state index is -0.458. The Labute approximate surface area is 149 Å². The van der Waals surface area contributed by atoms with Crippen molar-refractivity contribution in [2.45, 2.75) is 0 Å². The topological polar surface area (TPSA) is 80.3 Å². The second-order valence-electron chi connectivity index (χ2n) is 4.74. The first kappa shape index (κ1) is 18.2. The lowest BCUT2D eigenvalue weighted by Gasteiger charge is -2.08. The van der Waals surface area contributed by atoms with Crippen molar-refractivity contribution in [1.82, 2.24) is 10.3 Å². The third kappa shape index (κ3) is 4.92. The van der Waals surface area contributed by atoms with Crippen LogP contribution in [-0.2, 0) is 4.74 Å². The summed E-state index contributed by atoms with van der Waals surface area (Å²) in [5, 5.41) is 6.01. The number of ether oxygens (including phenoxy) is 1. The molecular weight excluding hydrogens is 353 g/mol. The zero-order valence-electron chi connectivity index (χ0n) is 12.8. The molecule has 2 rings (SSSR count). The lowest BCUT2D eigenvalue weighted by Crippen LogP contribution is -2.28. The summed E-state index contributed by atoms with van der Waals surface area (Å²) in [6.45, 7) is 0.750. The molecule has 126 valence electrons. The largest absolute Gasteiger partial charge is 0.383 e. The molecule has 6 nitrogen and oxygen atoms in total. The molecule has 24 heavy (non-hydrogen) atoms. The zero-order chi connectivity index (χ0) is 17.5. The van der Waals surface area contributed by atoms with E-state index in [0.29, 0.717) is 28.9 Å². The van der Waals surface area contributed by atoms with Gasteiger partial charge in [0, 0.05) is 19.3 Å². The Balaban J connectivity index is 2.08. The number of carbonyl (C=O) groups excluding carboxylic acids is 2. The van der Waals surface area contributed by atoms with Crippen LogP contribution in [0.15, 0.2) is 36.4 Å². The van der Waals surface area contributed by atoms with Crippen LogP contribution < -0.4 is 10.6 Å². The maximum Gasteiger partial charge on any atom is 0.274 e. The van der Waals surface area contributed by atoms with Crippen LogP contribution in [0.2, 0.25) is 10.0 Å². The zero-order valence-corrected chi connectivity index (χ0v) is 14.3. The van der Waals surface area contributed by atoms with E-state index >= 15 is 0 Å². The number of hydrogen-bond donors (Lipinski definition) is 2. The summed E-state index contributed by atoms with van der Waals surface area (Å²) < 4.78 is 4.86. The molecule has 0 saturated carbocycles. The molecule has 0 aliphatic rings. The van der Waals surface area contributed by atoms with Crippen LogP contribution in [0.4, 0.5) is 5.69 Å². The number of rotatable bonds is 6. The highest BCUT2D eigenvalue weighted by Crippen LogP contribution is 2.25. The van der Waals surface area contributed by atoms with Crippen LogP contribution in [0.1, 0.15) is 21.0 Å². The second-order valence-corrected chi connectivity index (χ2v) is 5.55.